The van der Waals surface area contributed by atoms with Crippen molar-refractivity contribution >= 4 is 5.82 Å². The highest BCUT2D eigenvalue weighted by molar-refractivity contribution is 5.42. The van der Waals surface area contributed by atoms with Crippen LogP contribution in [0, 0.1) is 12.8 Å². The maximum absolute atomic E-state index is 5.91. The molecule has 0 aliphatic heterocycles. The van der Waals surface area contributed by atoms with Crippen LogP contribution in [0.3, 0.4) is 0 Å². The van der Waals surface area contributed by atoms with Crippen LogP contribution < -0.4 is 5.73 Å². The molecule has 0 aromatic carbocycles. The number of nitrogens with zero attached hydrogens (tertiary/aromatic N) is 2. The number of hydrogen-bond acceptors (Lipinski definition) is 2. The van der Waals surface area contributed by atoms with Crippen molar-refractivity contribution in [3.63, 3.8) is 0 Å². The third-order valence-electron chi connectivity index (χ3n) is 3.95. The minimum absolute atomic E-state index is 0.818. The highest BCUT2D eigenvalue weighted by atomic mass is 15.3. The van der Waals surface area contributed by atoms with Gasteiger partial charge < -0.3 is 5.73 Å². The van der Waals surface area contributed by atoms with Crippen LogP contribution in [0.15, 0.2) is 0 Å². The van der Waals surface area contributed by atoms with Crippen LogP contribution in [-0.2, 0) is 13.5 Å². The average Bonchev–Trinajstić information content (AvgIpc) is 2.56. The molecule has 16 heavy (non-hydrogen) atoms. The van der Waals surface area contributed by atoms with Gasteiger partial charge in [0.05, 0.1) is 5.69 Å². The molecule has 0 amide bonds. The fraction of sp³-hybridized carbons (Fsp3) is 0.769. The monoisotopic (exact) mass is 221 g/mol. The fourth-order valence-electron chi connectivity index (χ4n) is 2.75. The summed E-state index contributed by atoms with van der Waals surface area (Å²) in [6.07, 6.45) is 9.51. The Balaban J connectivity index is 1.91. The van der Waals surface area contributed by atoms with Crippen LogP contribution in [0.4, 0.5) is 5.82 Å². The molecule has 3 heteroatoms. The summed E-state index contributed by atoms with van der Waals surface area (Å²) in [5.41, 5.74) is 8.29. The Hall–Kier alpha value is -0.990. The van der Waals surface area contributed by atoms with Gasteiger partial charge in [-0.05, 0) is 25.7 Å². The van der Waals surface area contributed by atoms with Crippen LogP contribution in [0.25, 0.3) is 0 Å². The molecule has 90 valence electrons. The normalized spacial score (nSPS) is 17.9. The van der Waals surface area contributed by atoms with Gasteiger partial charge in [0.1, 0.15) is 5.82 Å². The van der Waals surface area contributed by atoms with Gasteiger partial charge in [0, 0.05) is 12.6 Å². The van der Waals surface area contributed by atoms with E-state index in [1.165, 1.54) is 49.8 Å². The molecule has 1 heterocycles. The van der Waals surface area contributed by atoms with E-state index >= 15 is 0 Å². The Kier molecular flexibility index (Phi) is 3.52. The number of rotatable bonds is 3. The summed E-state index contributed by atoms with van der Waals surface area (Å²) in [6, 6.07) is 0. The minimum atomic E-state index is 0.818. The van der Waals surface area contributed by atoms with Gasteiger partial charge in [-0.3, -0.25) is 4.68 Å². The first-order chi connectivity index (χ1) is 7.68. The van der Waals surface area contributed by atoms with Crippen molar-refractivity contribution in [3.8, 4) is 0 Å². The number of hydrogen-bond donors (Lipinski definition) is 1. The van der Waals surface area contributed by atoms with E-state index in [9.17, 15) is 0 Å². The molecule has 0 atom stereocenters. The van der Waals surface area contributed by atoms with E-state index in [1.807, 2.05) is 7.05 Å². The molecule has 2 rings (SSSR count). The van der Waals surface area contributed by atoms with Crippen LogP contribution in [-0.4, -0.2) is 9.78 Å². The second-order valence-electron chi connectivity index (χ2n) is 5.12. The van der Waals surface area contributed by atoms with Gasteiger partial charge in [-0.1, -0.05) is 32.1 Å². The molecule has 3 nitrogen and oxygen atoms in total. The zero-order valence-electron chi connectivity index (χ0n) is 10.5. The highest BCUT2D eigenvalue weighted by Gasteiger charge is 2.15. The van der Waals surface area contributed by atoms with Crippen molar-refractivity contribution in [1.82, 2.24) is 9.78 Å². The Morgan fingerprint density at radius 2 is 2.00 bits per heavy atom. The molecule has 0 radical (unpaired) electrons. The number of nitrogens with two attached hydrogens (primary N) is 1. The maximum atomic E-state index is 5.91. The van der Waals surface area contributed by atoms with Crippen molar-refractivity contribution in [3.05, 3.63) is 11.3 Å². The topological polar surface area (TPSA) is 43.8 Å². The third-order valence-corrected chi connectivity index (χ3v) is 3.95. The summed E-state index contributed by atoms with van der Waals surface area (Å²) in [5.74, 6) is 1.75. The molecule has 1 aliphatic carbocycles. The molecule has 0 bridgehead atoms. The lowest BCUT2D eigenvalue weighted by atomic mass is 9.85. The summed E-state index contributed by atoms with van der Waals surface area (Å²) in [6.45, 7) is 2.08. The van der Waals surface area contributed by atoms with E-state index in [1.54, 1.807) is 4.68 Å². The first-order valence-corrected chi connectivity index (χ1v) is 6.46. The maximum Gasteiger partial charge on any atom is 0.124 e. The van der Waals surface area contributed by atoms with Gasteiger partial charge in [-0.2, -0.15) is 5.10 Å². The van der Waals surface area contributed by atoms with Crippen LogP contribution >= 0.6 is 0 Å². The predicted octanol–water partition coefficient (Wildman–Crippen LogP) is 2.82. The molecule has 2 N–H and O–H groups in total. The number of aryl methyl sites for hydroxylation is 2. The summed E-state index contributed by atoms with van der Waals surface area (Å²) >= 11 is 0. The zero-order chi connectivity index (χ0) is 11.5. The quantitative estimate of drug-likeness (QED) is 0.853. The van der Waals surface area contributed by atoms with E-state index < -0.39 is 0 Å². The fourth-order valence-corrected chi connectivity index (χ4v) is 2.75. The molecule has 0 unspecified atom stereocenters. The van der Waals surface area contributed by atoms with E-state index in [0.29, 0.717) is 0 Å². The highest BCUT2D eigenvalue weighted by Crippen LogP contribution is 2.28. The smallest absolute Gasteiger partial charge is 0.124 e. The molecule has 0 saturated heterocycles. The van der Waals surface area contributed by atoms with Crippen molar-refractivity contribution in [2.45, 2.75) is 51.9 Å². The predicted molar refractivity (Wildman–Crippen MR) is 67.3 cm³/mol. The molecule has 1 aromatic heterocycles. The Labute approximate surface area is 98.0 Å². The van der Waals surface area contributed by atoms with Gasteiger partial charge in [0.25, 0.3) is 0 Å². The molecule has 1 saturated carbocycles. The molecule has 1 fully saturated rings. The first-order valence-electron chi connectivity index (χ1n) is 6.46. The van der Waals surface area contributed by atoms with E-state index in [-0.39, 0.29) is 0 Å². The van der Waals surface area contributed by atoms with E-state index in [4.69, 9.17) is 5.73 Å². The largest absolute Gasteiger partial charge is 0.384 e. The third kappa shape index (κ3) is 2.39. The second-order valence-corrected chi connectivity index (χ2v) is 5.12. The molecule has 0 spiro atoms. The SMILES string of the molecule is Cc1c(CCC2CCCCC2)nn(C)c1N. The molecular weight excluding hydrogens is 198 g/mol. The van der Waals surface area contributed by atoms with Crippen molar-refractivity contribution in [2.75, 3.05) is 5.73 Å². The van der Waals surface area contributed by atoms with Gasteiger partial charge in [0.15, 0.2) is 0 Å². The van der Waals surface area contributed by atoms with Crippen LogP contribution in [0.5, 0.6) is 0 Å². The Bertz CT molecular complexity index is 348. The Morgan fingerprint density at radius 3 is 2.56 bits per heavy atom. The van der Waals surface area contributed by atoms with Crippen LogP contribution in [0.2, 0.25) is 0 Å². The van der Waals surface area contributed by atoms with Crippen molar-refractivity contribution < 1.29 is 0 Å². The standard InChI is InChI=1S/C13H23N3/c1-10-12(15-16(2)13(10)14)9-8-11-6-4-3-5-7-11/h11H,3-9,14H2,1-2H3. The lowest BCUT2D eigenvalue weighted by molar-refractivity contribution is 0.338. The summed E-state index contributed by atoms with van der Waals surface area (Å²) in [4.78, 5) is 0. The zero-order valence-corrected chi connectivity index (χ0v) is 10.5. The summed E-state index contributed by atoms with van der Waals surface area (Å²) in [5, 5.41) is 4.49. The number of nitrogen functional groups attached to an aromatic ring is 1. The Morgan fingerprint density at radius 1 is 1.31 bits per heavy atom. The van der Waals surface area contributed by atoms with E-state index in [0.717, 1.165) is 18.2 Å². The van der Waals surface area contributed by atoms with Gasteiger partial charge in [-0.25, -0.2) is 0 Å². The minimum Gasteiger partial charge on any atom is -0.384 e. The summed E-state index contributed by atoms with van der Waals surface area (Å²) in [7, 11) is 1.92. The second kappa shape index (κ2) is 4.89. The number of anilines is 1. The lowest BCUT2D eigenvalue weighted by Crippen LogP contribution is -2.07. The van der Waals surface area contributed by atoms with Gasteiger partial charge in [0.2, 0.25) is 0 Å². The average molecular weight is 221 g/mol. The summed E-state index contributed by atoms with van der Waals surface area (Å²) < 4.78 is 1.80. The van der Waals surface area contributed by atoms with E-state index in [2.05, 4.69) is 12.0 Å². The van der Waals surface area contributed by atoms with Gasteiger partial charge in [-0.15, -0.1) is 0 Å². The lowest BCUT2D eigenvalue weighted by Gasteiger charge is -2.20. The van der Waals surface area contributed by atoms with Crippen molar-refractivity contribution in [1.29, 1.82) is 0 Å². The number of aromatic nitrogens is 2. The van der Waals surface area contributed by atoms with Crippen LogP contribution in [0.1, 0.15) is 49.8 Å². The molecular formula is C13H23N3. The molecule has 1 aliphatic rings. The van der Waals surface area contributed by atoms with Gasteiger partial charge >= 0.3 is 0 Å². The van der Waals surface area contributed by atoms with Crippen molar-refractivity contribution in [2.24, 2.45) is 13.0 Å². The molecule has 1 aromatic rings. The first kappa shape index (κ1) is 11.5.